The highest BCUT2D eigenvalue weighted by atomic mass is 16.6. The van der Waals surface area contributed by atoms with Crippen LogP contribution >= 0.6 is 0 Å². The van der Waals surface area contributed by atoms with Crippen LogP contribution in [0.1, 0.15) is 290 Å². The summed E-state index contributed by atoms with van der Waals surface area (Å²) in [7, 11) is 0. The molecule has 0 saturated carbocycles. The Labute approximate surface area is 463 Å². The largest absolute Gasteiger partial charge is 0.462 e. The average molecular weight is 1040 g/mol. The van der Waals surface area contributed by atoms with Crippen molar-refractivity contribution < 1.29 is 28.6 Å². The lowest BCUT2D eigenvalue weighted by molar-refractivity contribution is -0.167. The number of esters is 3. The monoisotopic (exact) mass is 1040 g/mol. The number of carbonyl (C=O) groups is 3. The molecule has 0 N–H and O–H groups in total. The van der Waals surface area contributed by atoms with E-state index in [1.807, 2.05) is 0 Å². The van der Waals surface area contributed by atoms with E-state index in [4.69, 9.17) is 14.2 Å². The van der Waals surface area contributed by atoms with Crippen LogP contribution in [0.15, 0.2) is 109 Å². The molecule has 0 amide bonds. The fraction of sp³-hybridized carbons (Fsp3) is 0.696. The summed E-state index contributed by atoms with van der Waals surface area (Å²) in [6.07, 6.45) is 85.3. The SMILES string of the molecule is CC/C=C\C/C=C\C/C=C\C/C=C\C/C=C\C/C=C\C/C=C\C/C=C\C/C=C\CCCCCC(=O)OCC(COC(=O)CCCCCCCCCCC)OC(=O)CCCCCCCCCCCCCCCCCCC. The lowest BCUT2D eigenvalue weighted by Gasteiger charge is -2.18. The molecule has 0 saturated heterocycles. The predicted octanol–water partition coefficient (Wildman–Crippen LogP) is 21.4. The molecule has 0 fully saturated rings. The van der Waals surface area contributed by atoms with Crippen molar-refractivity contribution in [2.45, 2.75) is 297 Å². The number of hydrogen-bond donors (Lipinski definition) is 0. The molecule has 0 aliphatic rings. The van der Waals surface area contributed by atoms with Gasteiger partial charge in [-0.25, -0.2) is 0 Å². The molecule has 0 aromatic rings. The molecule has 75 heavy (non-hydrogen) atoms. The fourth-order valence-electron chi connectivity index (χ4n) is 8.61. The van der Waals surface area contributed by atoms with Crippen LogP contribution in [0.25, 0.3) is 0 Å². The Morgan fingerprint density at radius 2 is 0.520 bits per heavy atom. The Kier molecular flexibility index (Phi) is 59.3. The highest BCUT2D eigenvalue weighted by Crippen LogP contribution is 2.16. The van der Waals surface area contributed by atoms with Gasteiger partial charge in [0.25, 0.3) is 0 Å². The van der Waals surface area contributed by atoms with E-state index in [0.717, 1.165) is 122 Å². The molecule has 6 nitrogen and oxygen atoms in total. The Hall–Kier alpha value is -3.93. The zero-order valence-electron chi connectivity index (χ0n) is 49.0. The number of ether oxygens (including phenoxy) is 3. The molecule has 0 aromatic carbocycles. The Bertz CT molecular complexity index is 1520. The van der Waals surface area contributed by atoms with E-state index in [0.29, 0.717) is 19.3 Å². The van der Waals surface area contributed by atoms with Crippen molar-refractivity contribution >= 4 is 17.9 Å². The number of hydrogen-bond acceptors (Lipinski definition) is 6. The number of carbonyl (C=O) groups excluding carboxylic acids is 3. The molecule has 0 bridgehead atoms. The molecule has 0 aliphatic heterocycles. The maximum Gasteiger partial charge on any atom is 0.306 e. The molecule has 428 valence electrons. The number of allylic oxidation sites excluding steroid dienone is 18. The topological polar surface area (TPSA) is 78.9 Å². The van der Waals surface area contributed by atoms with Crippen LogP contribution in [0.3, 0.4) is 0 Å². The molecular weight excluding hydrogens is 925 g/mol. The highest BCUT2D eigenvalue weighted by Gasteiger charge is 2.19. The Morgan fingerprint density at radius 1 is 0.280 bits per heavy atom. The molecule has 0 radical (unpaired) electrons. The third-order valence-corrected chi connectivity index (χ3v) is 13.3. The molecule has 0 spiro atoms. The zero-order chi connectivity index (χ0) is 54.3. The van der Waals surface area contributed by atoms with Gasteiger partial charge in [0.2, 0.25) is 0 Å². The summed E-state index contributed by atoms with van der Waals surface area (Å²) in [5, 5.41) is 0. The summed E-state index contributed by atoms with van der Waals surface area (Å²) < 4.78 is 16.8. The molecule has 0 rings (SSSR count). The summed E-state index contributed by atoms with van der Waals surface area (Å²) in [4.78, 5) is 38.1. The van der Waals surface area contributed by atoms with Crippen molar-refractivity contribution in [2.75, 3.05) is 13.2 Å². The number of rotatable bonds is 56. The second kappa shape index (κ2) is 62.6. The van der Waals surface area contributed by atoms with Gasteiger partial charge in [0.15, 0.2) is 6.10 Å². The van der Waals surface area contributed by atoms with Gasteiger partial charge >= 0.3 is 17.9 Å². The predicted molar refractivity (Wildman–Crippen MR) is 325 cm³/mol. The first-order valence-electron chi connectivity index (χ1n) is 31.4. The van der Waals surface area contributed by atoms with Gasteiger partial charge in [0, 0.05) is 19.3 Å². The smallest absolute Gasteiger partial charge is 0.306 e. The van der Waals surface area contributed by atoms with Crippen LogP contribution in [0.4, 0.5) is 0 Å². The van der Waals surface area contributed by atoms with Crippen molar-refractivity contribution in [3.63, 3.8) is 0 Å². The first kappa shape index (κ1) is 71.1. The van der Waals surface area contributed by atoms with E-state index in [1.165, 1.54) is 128 Å². The van der Waals surface area contributed by atoms with Crippen molar-refractivity contribution in [1.82, 2.24) is 0 Å². The van der Waals surface area contributed by atoms with Crippen molar-refractivity contribution in [3.8, 4) is 0 Å². The molecule has 6 heteroatoms. The summed E-state index contributed by atoms with van der Waals surface area (Å²) in [6.45, 7) is 6.50. The minimum absolute atomic E-state index is 0.0857. The van der Waals surface area contributed by atoms with Gasteiger partial charge in [-0.2, -0.15) is 0 Å². The lowest BCUT2D eigenvalue weighted by atomic mass is 10.0. The third-order valence-electron chi connectivity index (χ3n) is 13.3. The normalized spacial score (nSPS) is 12.8. The van der Waals surface area contributed by atoms with E-state index >= 15 is 0 Å². The van der Waals surface area contributed by atoms with Crippen LogP contribution in [-0.4, -0.2) is 37.2 Å². The van der Waals surface area contributed by atoms with E-state index in [1.54, 1.807) is 0 Å². The zero-order valence-corrected chi connectivity index (χ0v) is 49.0. The second-order valence-electron chi connectivity index (χ2n) is 20.6. The second-order valence-corrected chi connectivity index (χ2v) is 20.6. The molecule has 0 aromatic heterocycles. The molecule has 1 atom stereocenters. The quantitative estimate of drug-likeness (QED) is 0.0261. The molecule has 0 heterocycles. The minimum atomic E-state index is -0.789. The van der Waals surface area contributed by atoms with E-state index < -0.39 is 6.10 Å². The number of unbranched alkanes of at least 4 members (excludes halogenated alkanes) is 27. The molecular formula is C69H116O6. The van der Waals surface area contributed by atoms with Gasteiger partial charge < -0.3 is 14.2 Å². The van der Waals surface area contributed by atoms with Crippen LogP contribution in [0.5, 0.6) is 0 Å². The summed E-state index contributed by atoms with van der Waals surface area (Å²) in [6, 6.07) is 0. The van der Waals surface area contributed by atoms with Crippen molar-refractivity contribution in [1.29, 1.82) is 0 Å². The average Bonchev–Trinajstić information content (AvgIpc) is 3.41. The van der Waals surface area contributed by atoms with Gasteiger partial charge in [-0.05, 0) is 89.9 Å². The van der Waals surface area contributed by atoms with Crippen LogP contribution < -0.4 is 0 Å². The van der Waals surface area contributed by atoms with Gasteiger partial charge in [-0.1, -0.05) is 291 Å². The third kappa shape index (κ3) is 60.8. The summed E-state index contributed by atoms with van der Waals surface area (Å²) in [5.74, 6) is -0.915. The van der Waals surface area contributed by atoms with Crippen LogP contribution in [0, 0.1) is 0 Å². The molecule has 0 aliphatic carbocycles. The first-order chi connectivity index (χ1) is 37.0. The highest BCUT2D eigenvalue weighted by molar-refractivity contribution is 5.71. The van der Waals surface area contributed by atoms with E-state index in [2.05, 4.69) is 130 Å². The van der Waals surface area contributed by atoms with Crippen molar-refractivity contribution in [3.05, 3.63) is 109 Å². The standard InChI is InChI=1S/C69H116O6/c1-4-7-10-13-16-19-21-23-25-27-28-29-30-31-32-33-34-35-36-37-38-39-40-42-43-45-47-50-53-56-59-62-68(71)74-65-66(64-73-67(70)61-58-55-52-49-18-15-12-9-6-3)75-69(72)63-60-57-54-51-48-46-44-41-26-24-22-20-17-14-11-8-5-2/h7,10,16,19,23,25,28-29,31-32,34-35,37-38,40,42,45,47,66H,4-6,8-9,11-15,17-18,20-22,24,26-27,30,33,36,39,41,43-44,46,48-65H2,1-3H3/b10-7-,19-16-,25-23-,29-28-,32-31-,35-34-,38-37-,42-40-,47-45-. The van der Waals surface area contributed by atoms with Crippen molar-refractivity contribution in [2.24, 2.45) is 0 Å². The van der Waals surface area contributed by atoms with E-state index in [-0.39, 0.29) is 31.1 Å². The Morgan fingerprint density at radius 3 is 0.813 bits per heavy atom. The Balaban J connectivity index is 4.28. The minimum Gasteiger partial charge on any atom is -0.462 e. The fourth-order valence-corrected chi connectivity index (χ4v) is 8.61. The summed E-state index contributed by atoms with van der Waals surface area (Å²) >= 11 is 0. The van der Waals surface area contributed by atoms with Crippen LogP contribution in [-0.2, 0) is 28.6 Å². The maximum atomic E-state index is 12.9. The van der Waals surface area contributed by atoms with E-state index in [9.17, 15) is 14.4 Å². The lowest BCUT2D eigenvalue weighted by Crippen LogP contribution is -2.30. The van der Waals surface area contributed by atoms with Crippen LogP contribution in [0.2, 0.25) is 0 Å². The first-order valence-corrected chi connectivity index (χ1v) is 31.4. The van der Waals surface area contributed by atoms with Gasteiger partial charge in [-0.15, -0.1) is 0 Å². The van der Waals surface area contributed by atoms with Gasteiger partial charge in [0.1, 0.15) is 13.2 Å². The molecule has 1 unspecified atom stereocenters. The van der Waals surface area contributed by atoms with Gasteiger partial charge in [-0.3, -0.25) is 14.4 Å². The maximum absolute atomic E-state index is 12.9. The summed E-state index contributed by atoms with van der Waals surface area (Å²) in [5.41, 5.74) is 0. The van der Waals surface area contributed by atoms with Gasteiger partial charge in [0.05, 0.1) is 0 Å².